The lowest BCUT2D eigenvalue weighted by molar-refractivity contribution is -0.113. The van der Waals surface area contributed by atoms with E-state index in [9.17, 15) is 18.8 Å². The zero-order chi connectivity index (χ0) is 21.7. The van der Waals surface area contributed by atoms with E-state index in [-0.39, 0.29) is 15.6 Å². The predicted octanol–water partition coefficient (Wildman–Crippen LogP) is 4.02. The Kier molecular flexibility index (Phi) is 4.33. The highest BCUT2D eigenvalue weighted by Crippen LogP contribution is 2.36. The van der Waals surface area contributed by atoms with Gasteiger partial charge < -0.3 is 4.42 Å². The predicted molar refractivity (Wildman–Crippen MR) is 113 cm³/mol. The summed E-state index contributed by atoms with van der Waals surface area (Å²) in [6.45, 7) is 0. The van der Waals surface area contributed by atoms with Crippen LogP contribution in [0.5, 0.6) is 0 Å². The van der Waals surface area contributed by atoms with Gasteiger partial charge in [-0.1, -0.05) is 6.07 Å². The smallest absolute Gasteiger partial charge is 0.271 e. The van der Waals surface area contributed by atoms with Gasteiger partial charge in [0.1, 0.15) is 17.3 Å². The van der Waals surface area contributed by atoms with Gasteiger partial charge in [0.2, 0.25) is 0 Å². The molecule has 1 saturated heterocycles. The number of anilines is 1. The molecule has 0 unspecified atom stereocenters. The molecule has 7 nitrogen and oxygen atoms in total. The third-order valence-corrected chi connectivity index (χ3v) is 5.72. The fourth-order valence-corrected chi connectivity index (χ4v) is 4.19. The number of furan rings is 1. The number of amidine groups is 1. The van der Waals surface area contributed by atoms with Crippen molar-refractivity contribution in [1.82, 2.24) is 5.32 Å². The molecule has 152 valence electrons. The van der Waals surface area contributed by atoms with Gasteiger partial charge in [-0.3, -0.25) is 30.0 Å². The zero-order valence-corrected chi connectivity index (χ0v) is 16.5. The fraction of sp³-hybridized carbons (Fsp3) is 0. The number of thioether (sulfide) groups is 1. The summed E-state index contributed by atoms with van der Waals surface area (Å²) in [5.74, 6) is -0.873. The summed E-state index contributed by atoms with van der Waals surface area (Å²) in [6.07, 6.45) is 1.53. The number of benzene rings is 2. The first-order valence-corrected chi connectivity index (χ1v) is 9.90. The van der Waals surface area contributed by atoms with Crippen LogP contribution >= 0.6 is 11.8 Å². The van der Waals surface area contributed by atoms with Crippen molar-refractivity contribution in [3.8, 4) is 11.3 Å². The van der Waals surface area contributed by atoms with Gasteiger partial charge in [-0.05, 0) is 60.3 Å². The van der Waals surface area contributed by atoms with Gasteiger partial charge in [0.05, 0.1) is 21.7 Å². The molecule has 0 atom stereocenters. The van der Waals surface area contributed by atoms with Crippen LogP contribution in [0.4, 0.5) is 10.1 Å². The standard InChI is InChI=1S/C22H12FN3O4S/c23-12-2-4-13(5-3-12)26-21(29)18(31-22(26)24)10-14-6-8-17(30-14)11-1-7-15-16(9-11)20(28)25-19(15)27/h1-10,24H,(H,25,27,28). The second-order valence-electron chi connectivity index (χ2n) is 6.78. The average Bonchev–Trinajstić information content (AvgIpc) is 3.41. The molecule has 0 spiro atoms. The van der Waals surface area contributed by atoms with Crippen molar-refractivity contribution >= 4 is 46.4 Å². The highest BCUT2D eigenvalue weighted by Gasteiger charge is 2.34. The highest BCUT2D eigenvalue weighted by atomic mass is 32.2. The van der Waals surface area contributed by atoms with Crippen LogP contribution in [-0.4, -0.2) is 22.9 Å². The fourth-order valence-electron chi connectivity index (χ4n) is 3.35. The van der Waals surface area contributed by atoms with Crippen LogP contribution < -0.4 is 10.2 Å². The molecule has 1 aromatic heterocycles. The Hall–Kier alpha value is -3.98. The van der Waals surface area contributed by atoms with Crippen molar-refractivity contribution in [2.75, 3.05) is 4.90 Å². The molecule has 2 N–H and O–H groups in total. The molecular weight excluding hydrogens is 421 g/mol. The van der Waals surface area contributed by atoms with Crippen molar-refractivity contribution in [2.45, 2.75) is 0 Å². The SMILES string of the molecule is N=C1SC(=Cc2ccc(-c3ccc4c(c3)C(=O)NC4=O)o2)C(=O)N1c1ccc(F)cc1. The summed E-state index contributed by atoms with van der Waals surface area (Å²) < 4.78 is 19.0. The first-order chi connectivity index (χ1) is 14.9. The van der Waals surface area contributed by atoms with Crippen LogP contribution in [0, 0.1) is 11.2 Å². The van der Waals surface area contributed by atoms with Crippen molar-refractivity contribution in [2.24, 2.45) is 0 Å². The molecule has 3 amide bonds. The molecule has 0 aliphatic carbocycles. The maximum Gasteiger partial charge on any atom is 0.271 e. The van der Waals surface area contributed by atoms with Gasteiger partial charge in [-0.25, -0.2) is 4.39 Å². The van der Waals surface area contributed by atoms with Crippen LogP contribution in [0.1, 0.15) is 26.5 Å². The zero-order valence-electron chi connectivity index (χ0n) is 15.6. The molecule has 5 rings (SSSR count). The van der Waals surface area contributed by atoms with Crippen LogP contribution in [0.2, 0.25) is 0 Å². The van der Waals surface area contributed by atoms with Gasteiger partial charge in [0.25, 0.3) is 17.7 Å². The van der Waals surface area contributed by atoms with E-state index in [1.807, 2.05) is 0 Å². The molecule has 0 radical (unpaired) electrons. The molecule has 9 heteroatoms. The normalized spacial score (nSPS) is 16.9. The molecule has 0 saturated carbocycles. The number of hydrogen-bond donors (Lipinski definition) is 2. The molecule has 2 aromatic carbocycles. The number of imide groups is 1. The monoisotopic (exact) mass is 433 g/mol. The largest absolute Gasteiger partial charge is 0.457 e. The molecular formula is C22H12FN3O4S. The Bertz CT molecular complexity index is 1330. The molecule has 3 aromatic rings. The third-order valence-electron chi connectivity index (χ3n) is 4.83. The second kappa shape index (κ2) is 7.06. The van der Waals surface area contributed by atoms with Gasteiger partial charge in [-0.15, -0.1) is 0 Å². The van der Waals surface area contributed by atoms with Crippen molar-refractivity contribution in [3.63, 3.8) is 0 Å². The van der Waals surface area contributed by atoms with Gasteiger partial charge in [0, 0.05) is 11.6 Å². The average molecular weight is 433 g/mol. The first-order valence-electron chi connectivity index (χ1n) is 9.09. The highest BCUT2D eigenvalue weighted by molar-refractivity contribution is 8.19. The topological polar surface area (TPSA) is 103 Å². The summed E-state index contributed by atoms with van der Waals surface area (Å²) in [7, 11) is 0. The lowest BCUT2D eigenvalue weighted by Crippen LogP contribution is -2.28. The first kappa shape index (κ1) is 19.0. The third kappa shape index (κ3) is 3.24. The number of carbonyl (C=O) groups is 3. The Labute approximate surface area is 179 Å². The number of halogens is 1. The molecule has 3 heterocycles. The number of amides is 3. The van der Waals surface area contributed by atoms with Crippen molar-refractivity contribution in [1.29, 1.82) is 5.41 Å². The van der Waals surface area contributed by atoms with Crippen LogP contribution in [0.25, 0.3) is 17.4 Å². The number of rotatable bonds is 3. The Morgan fingerprint density at radius 1 is 0.968 bits per heavy atom. The van der Waals surface area contributed by atoms with Crippen LogP contribution in [0.15, 0.2) is 63.9 Å². The number of hydrogen-bond acceptors (Lipinski definition) is 6. The number of nitrogens with zero attached hydrogens (tertiary/aromatic N) is 1. The molecule has 2 aliphatic heterocycles. The minimum absolute atomic E-state index is 0.00365. The Balaban J connectivity index is 1.42. The van der Waals surface area contributed by atoms with E-state index in [1.54, 1.807) is 30.3 Å². The van der Waals surface area contributed by atoms with Gasteiger partial charge >= 0.3 is 0 Å². The van der Waals surface area contributed by atoms with E-state index in [4.69, 9.17) is 9.83 Å². The second-order valence-corrected chi connectivity index (χ2v) is 7.81. The van der Waals surface area contributed by atoms with Gasteiger partial charge in [0.15, 0.2) is 5.17 Å². The summed E-state index contributed by atoms with van der Waals surface area (Å²) in [5, 5.41) is 10.4. The van der Waals surface area contributed by atoms with Crippen LogP contribution in [0.3, 0.4) is 0 Å². The maximum absolute atomic E-state index is 13.2. The Morgan fingerprint density at radius 2 is 1.71 bits per heavy atom. The van der Waals surface area contributed by atoms with Crippen molar-refractivity contribution < 1.29 is 23.2 Å². The van der Waals surface area contributed by atoms with Crippen LogP contribution in [-0.2, 0) is 4.79 Å². The minimum Gasteiger partial charge on any atom is -0.457 e. The number of fused-ring (bicyclic) bond motifs is 1. The lowest BCUT2D eigenvalue weighted by atomic mass is 10.0. The molecule has 31 heavy (non-hydrogen) atoms. The Morgan fingerprint density at radius 3 is 2.48 bits per heavy atom. The van der Waals surface area contributed by atoms with Crippen molar-refractivity contribution in [3.05, 3.63) is 82.2 Å². The summed E-state index contributed by atoms with van der Waals surface area (Å²) >= 11 is 0.974. The van der Waals surface area contributed by atoms with E-state index >= 15 is 0 Å². The summed E-state index contributed by atoms with van der Waals surface area (Å²) in [6, 6.07) is 13.5. The number of carbonyl (C=O) groups excluding carboxylic acids is 3. The quantitative estimate of drug-likeness (QED) is 0.480. The van der Waals surface area contributed by atoms with E-state index < -0.39 is 23.5 Å². The summed E-state index contributed by atoms with van der Waals surface area (Å²) in [4.78, 5) is 37.8. The van der Waals surface area contributed by atoms with E-state index in [2.05, 4.69) is 5.32 Å². The molecule has 2 aliphatic rings. The summed E-state index contributed by atoms with van der Waals surface area (Å²) in [5.41, 5.74) is 1.61. The van der Waals surface area contributed by atoms with E-state index in [0.717, 1.165) is 11.8 Å². The number of nitrogens with one attached hydrogen (secondary N) is 2. The van der Waals surface area contributed by atoms with Gasteiger partial charge in [-0.2, -0.15) is 0 Å². The lowest BCUT2D eigenvalue weighted by Gasteiger charge is -2.13. The maximum atomic E-state index is 13.2. The van der Waals surface area contributed by atoms with E-state index in [1.165, 1.54) is 35.2 Å². The van der Waals surface area contributed by atoms with E-state index in [0.29, 0.717) is 28.3 Å². The molecule has 1 fully saturated rings. The molecule has 0 bridgehead atoms. The minimum atomic E-state index is -0.455.